The van der Waals surface area contributed by atoms with E-state index >= 15 is 0 Å². The first-order valence-electron chi connectivity index (χ1n) is 9.15. The maximum Gasteiger partial charge on any atom is 0.229 e. The maximum atomic E-state index is 14.2. The molecular formula is C20H27FN2O3. The van der Waals surface area contributed by atoms with E-state index in [0.717, 1.165) is 37.6 Å². The molecule has 0 aliphatic carbocycles. The number of piperidine rings is 1. The van der Waals surface area contributed by atoms with Crippen LogP contribution in [0.15, 0.2) is 22.6 Å². The average Bonchev–Trinajstić information content (AvgIpc) is 3.01. The lowest BCUT2D eigenvalue weighted by Gasteiger charge is -2.35. The minimum atomic E-state index is -0.366. The van der Waals surface area contributed by atoms with Crippen LogP contribution in [0.4, 0.5) is 4.39 Å². The maximum absolute atomic E-state index is 14.2. The smallest absolute Gasteiger partial charge is 0.229 e. The van der Waals surface area contributed by atoms with Crippen LogP contribution in [0.25, 0.3) is 11.5 Å². The number of halogens is 1. The minimum Gasteiger partial charge on any atom is -0.497 e. The van der Waals surface area contributed by atoms with Crippen LogP contribution in [0.5, 0.6) is 5.75 Å². The summed E-state index contributed by atoms with van der Waals surface area (Å²) in [6.45, 7) is 4.41. The van der Waals surface area contributed by atoms with Gasteiger partial charge in [-0.05, 0) is 50.9 Å². The predicted molar refractivity (Wildman–Crippen MR) is 97.7 cm³/mol. The molecule has 0 bridgehead atoms. The molecule has 1 aromatic carbocycles. The van der Waals surface area contributed by atoms with Gasteiger partial charge >= 0.3 is 0 Å². The lowest BCUT2D eigenvalue weighted by molar-refractivity contribution is 0.0961. The predicted octanol–water partition coefficient (Wildman–Crippen LogP) is 4.19. The van der Waals surface area contributed by atoms with Gasteiger partial charge in [0.05, 0.1) is 18.4 Å². The molecule has 0 radical (unpaired) electrons. The Balaban J connectivity index is 1.79. The molecular weight excluding hydrogens is 335 g/mol. The molecule has 2 aromatic rings. The van der Waals surface area contributed by atoms with E-state index in [0.29, 0.717) is 23.2 Å². The number of aromatic nitrogens is 1. The van der Waals surface area contributed by atoms with E-state index in [1.165, 1.54) is 25.3 Å². The SMILES string of the molecule is COCC[C@H]1CCCCN1Cc1nc(-c2cc(OC)ccc2F)oc1C. The Morgan fingerprint density at radius 3 is 2.92 bits per heavy atom. The Kier molecular flexibility index (Phi) is 6.27. The monoisotopic (exact) mass is 362 g/mol. The number of oxazole rings is 1. The highest BCUT2D eigenvalue weighted by atomic mass is 19.1. The highest BCUT2D eigenvalue weighted by Crippen LogP contribution is 2.29. The number of hydrogen-bond donors (Lipinski definition) is 0. The van der Waals surface area contributed by atoms with Crippen molar-refractivity contribution in [3.63, 3.8) is 0 Å². The van der Waals surface area contributed by atoms with Crippen LogP contribution in [0.3, 0.4) is 0 Å². The lowest BCUT2D eigenvalue weighted by Crippen LogP contribution is -2.39. The van der Waals surface area contributed by atoms with Gasteiger partial charge in [0.25, 0.3) is 0 Å². The number of benzene rings is 1. The summed E-state index contributed by atoms with van der Waals surface area (Å²) >= 11 is 0. The van der Waals surface area contributed by atoms with Crippen molar-refractivity contribution in [1.82, 2.24) is 9.88 Å². The van der Waals surface area contributed by atoms with Crippen molar-refractivity contribution in [2.75, 3.05) is 27.4 Å². The molecule has 0 unspecified atom stereocenters. The number of hydrogen-bond acceptors (Lipinski definition) is 5. The van der Waals surface area contributed by atoms with E-state index in [9.17, 15) is 4.39 Å². The first kappa shape index (κ1) is 18.9. The summed E-state index contributed by atoms with van der Waals surface area (Å²) in [5.74, 6) is 1.25. The van der Waals surface area contributed by atoms with Gasteiger partial charge in [-0.3, -0.25) is 4.90 Å². The largest absolute Gasteiger partial charge is 0.497 e. The molecule has 0 N–H and O–H groups in total. The van der Waals surface area contributed by atoms with E-state index in [-0.39, 0.29) is 5.82 Å². The van der Waals surface area contributed by atoms with Crippen LogP contribution in [-0.2, 0) is 11.3 Å². The molecule has 2 heterocycles. The number of nitrogens with zero attached hydrogens (tertiary/aromatic N) is 2. The summed E-state index contributed by atoms with van der Waals surface area (Å²) in [6.07, 6.45) is 4.64. The van der Waals surface area contributed by atoms with Crippen molar-refractivity contribution < 1.29 is 18.3 Å². The summed E-state index contributed by atoms with van der Waals surface area (Å²) in [6, 6.07) is 5.08. The minimum absolute atomic E-state index is 0.305. The van der Waals surface area contributed by atoms with E-state index in [1.807, 2.05) is 6.92 Å². The van der Waals surface area contributed by atoms with E-state index in [4.69, 9.17) is 13.9 Å². The zero-order valence-electron chi connectivity index (χ0n) is 15.8. The van der Waals surface area contributed by atoms with Crippen LogP contribution in [0.2, 0.25) is 0 Å². The second-order valence-corrected chi connectivity index (χ2v) is 6.77. The molecule has 0 saturated carbocycles. The molecule has 5 nitrogen and oxygen atoms in total. The fourth-order valence-corrected chi connectivity index (χ4v) is 3.53. The summed E-state index contributed by atoms with van der Waals surface area (Å²) in [5, 5.41) is 0. The van der Waals surface area contributed by atoms with Crippen LogP contribution >= 0.6 is 0 Å². The van der Waals surface area contributed by atoms with Gasteiger partial charge < -0.3 is 13.9 Å². The first-order chi connectivity index (χ1) is 12.6. The second kappa shape index (κ2) is 8.64. The van der Waals surface area contributed by atoms with E-state index < -0.39 is 0 Å². The molecule has 1 saturated heterocycles. The fraction of sp³-hybridized carbons (Fsp3) is 0.550. The van der Waals surface area contributed by atoms with E-state index in [2.05, 4.69) is 9.88 Å². The topological polar surface area (TPSA) is 47.7 Å². The Morgan fingerprint density at radius 1 is 1.31 bits per heavy atom. The zero-order valence-corrected chi connectivity index (χ0v) is 15.8. The second-order valence-electron chi connectivity index (χ2n) is 6.77. The molecule has 26 heavy (non-hydrogen) atoms. The summed E-state index contributed by atoms with van der Waals surface area (Å²) in [4.78, 5) is 7.03. The molecule has 1 aromatic heterocycles. The van der Waals surface area contributed by atoms with Gasteiger partial charge in [0.1, 0.15) is 17.3 Å². The van der Waals surface area contributed by atoms with Gasteiger partial charge in [0, 0.05) is 26.3 Å². The van der Waals surface area contributed by atoms with Gasteiger partial charge in [-0.1, -0.05) is 6.42 Å². The lowest BCUT2D eigenvalue weighted by atomic mass is 9.99. The van der Waals surface area contributed by atoms with Gasteiger partial charge in [-0.2, -0.15) is 0 Å². The first-order valence-corrected chi connectivity index (χ1v) is 9.15. The molecule has 0 amide bonds. The fourth-order valence-electron chi connectivity index (χ4n) is 3.53. The van der Waals surface area contributed by atoms with Crippen molar-refractivity contribution in [2.45, 2.75) is 45.2 Å². The number of rotatable bonds is 7. The zero-order chi connectivity index (χ0) is 18.5. The van der Waals surface area contributed by atoms with E-state index in [1.54, 1.807) is 26.4 Å². The molecule has 3 rings (SSSR count). The van der Waals surface area contributed by atoms with Crippen LogP contribution in [0.1, 0.15) is 37.1 Å². The molecule has 1 fully saturated rings. The summed E-state index contributed by atoms with van der Waals surface area (Å²) < 4.78 is 30.4. The highest BCUT2D eigenvalue weighted by molar-refractivity contribution is 5.57. The molecule has 1 aliphatic heterocycles. The van der Waals surface area contributed by atoms with Crippen molar-refractivity contribution in [2.24, 2.45) is 0 Å². The van der Waals surface area contributed by atoms with Crippen LogP contribution < -0.4 is 4.74 Å². The molecule has 1 atom stereocenters. The Labute approximate surface area is 154 Å². The quantitative estimate of drug-likeness (QED) is 0.739. The Morgan fingerprint density at radius 2 is 2.15 bits per heavy atom. The van der Waals surface area contributed by atoms with Crippen molar-refractivity contribution >= 4 is 0 Å². The summed E-state index contributed by atoms with van der Waals surface area (Å²) in [5.41, 5.74) is 1.19. The van der Waals surface area contributed by atoms with Gasteiger partial charge in [0.15, 0.2) is 0 Å². The standard InChI is InChI=1S/C20H27FN2O3/c1-14-19(13-23-10-5-4-6-15(23)9-11-24-2)22-20(26-14)17-12-16(25-3)7-8-18(17)21/h7-8,12,15H,4-6,9-11,13H2,1-3H3/t15-/m1/s1. The van der Waals surface area contributed by atoms with Crippen LogP contribution in [-0.4, -0.2) is 43.3 Å². The molecule has 0 spiro atoms. The highest BCUT2D eigenvalue weighted by Gasteiger charge is 2.25. The third-order valence-electron chi connectivity index (χ3n) is 5.05. The average molecular weight is 362 g/mol. The third kappa shape index (κ3) is 4.24. The number of aryl methyl sites for hydroxylation is 1. The summed E-state index contributed by atoms with van der Waals surface area (Å²) in [7, 11) is 3.30. The van der Waals surface area contributed by atoms with Gasteiger partial charge in [-0.25, -0.2) is 9.37 Å². The molecule has 6 heteroatoms. The normalized spacial score (nSPS) is 18.2. The molecule has 1 aliphatic rings. The number of likely N-dealkylation sites (tertiary alicyclic amines) is 1. The van der Waals surface area contributed by atoms with Gasteiger partial charge in [0.2, 0.25) is 5.89 Å². The molecule has 142 valence electrons. The van der Waals surface area contributed by atoms with Crippen LogP contribution in [0, 0.1) is 12.7 Å². The number of methoxy groups -OCH3 is 2. The Bertz CT molecular complexity index is 732. The Hall–Kier alpha value is -1.92. The van der Waals surface area contributed by atoms with Crippen molar-refractivity contribution in [3.8, 4) is 17.2 Å². The van der Waals surface area contributed by atoms with Crippen molar-refractivity contribution in [1.29, 1.82) is 0 Å². The van der Waals surface area contributed by atoms with Gasteiger partial charge in [-0.15, -0.1) is 0 Å². The third-order valence-corrected chi connectivity index (χ3v) is 5.05. The number of ether oxygens (including phenoxy) is 2. The van der Waals surface area contributed by atoms with Crippen molar-refractivity contribution in [3.05, 3.63) is 35.5 Å².